The number of hydrogen-bond donors (Lipinski definition) is 1. The molecule has 1 saturated heterocycles. The fraction of sp³-hybridized carbons (Fsp3) is 0.529. The van der Waals surface area contributed by atoms with Crippen molar-refractivity contribution in [1.29, 1.82) is 0 Å². The summed E-state index contributed by atoms with van der Waals surface area (Å²) >= 11 is 6.63. The molecule has 1 heterocycles. The van der Waals surface area contributed by atoms with E-state index in [1.54, 1.807) is 29.6 Å². The van der Waals surface area contributed by atoms with Crippen LogP contribution >= 0.6 is 23.4 Å². The molecule has 2 aliphatic rings. The van der Waals surface area contributed by atoms with Gasteiger partial charge in [0.1, 0.15) is 0 Å². The maximum absolute atomic E-state index is 13.1. The van der Waals surface area contributed by atoms with Crippen molar-refractivity contribution in [3.8, 4) is 0 Å². The van der Waals surface area contributed by atoms with E-state index in [2.05, 4.69) is 0 Å². The van der Waals surface area contributed by atoms with Gasteiger partial charge in [-0.3, -0.25) is 9.69 Å². The molecule has 3 amide bonds. The Morgan fingerprint density at radius 3 is 2.65 bits per heavy atom. The van der Waals surface area contributed by atoms with Crippen molar-refractivity contribution in [3.63, 3.8) is 0 Å². The minimum atomic E-state index is -3.76. The lowest BCUT2D eigenvalue weighted by Gasteiger charge is -2.27. The summed E-state index contributed by atoms with van der Waals surface area (Å²) in [5.41, 5.74) is 0.635. The van der Waals surface area contributed by atoms with Gasteiger partial charge < -0.3 is 5.32 Å². The summed E-state index contributed by atoms with van der Waals surface area (Å²) in [5, 5.41) is 0.778. The summed E-state index contributed by atoms with van der Waals surface area (Å²) in [4.78, 5) is 26.4. The van der Waals surface area contributed by atoms with Crippen LogP contribution in [0.25, 0.3) is 0 Å². The molecule has 1 aromatic carbocycles. The topological polar surface area (TPSA) is 49.4 Å². The molecule has 6 heteroatoms. The van der Waals surface area contributed by atoms with Gasteiger partial charge in [0.05, 0.1) is 12.7 Å². The van der Waals surface area contributed by atoms with E-state index >= 15 is 0 Å². The van der Waals surface area contributed by atoms with Gasteiger partial charge in [0.2, 0.25) is 0 Å². The van der Waals surface area contributed by atoms with Crippen molar-refractivity contribution in [2.45, 2.75) is 56.1 Å². The van der Waals surface area contributed by atoms with Crippen molar-refractivity contribution in [2.75, 3.05) is 0 Å². The van der Waals surface area contributed by atoms with Crippen LogP contribution in [-0.2, 0) is 0 Å². The highest BCUT2D eigenvalue weighted by Gasteiger charge is 2.42. The monoisotopic (exact) mass is 363 g/mol. The molecule has 2 fully saturated rings. The second-order valence-corrected chi connectivity index (χ2v) is 6.43. The smallest absolute Gasteiger partial charge is 0.325 e. The summed E-state index contributed by atoms with van der Waals surface area (Å²) < 4.78 is 88.6. The SMILES string of the molecule is [2H]C1([2H])C([2H])([2H])C([2H])([2H])C([2H])(NC(=O)N2C(=O)S[C@H](c3ccc(Cl)cc3)[C@H]2C)C([2H])([2H])C1([2H])[2H]. The van der Waals surface area contributed by atoms with Gasteiger partial charge in [-0.1, -0.05) is 54.6 Å². The molecule has 1 aliphatic heterocycles. The van der Waals surface area contributed by atoms with Crippen molar-refractivity contribution >= 4 is 34.6 Å². The van der Waals surface area contributed by atoms with Crippen LogP contribution in [-0.4, -0.2) is 28.2 Å². The molecule has 1 aliphatic carbocycles. The van der Waals surface area contributed by atoms with Gasteiger partial charge in [0, 0.05) is 24.7 Å². The summed E-state index contributed by atoms with van der Waals surface area (Å²) in [6, 6.07) is 0.500. The van der Waals surface area contributed by atoms with Crippen molar-refractivity contribution in [3.05, 3.63) is 34.9 Å². The number of hydrogen-bond acceptors (Lipinski definition) is 3. The van der Waals surface area contributed by atoms with Crippen molar-refractivity contribution < 1.29 is 24.7 Å². The number of thioether (sulfide) groups is 1. The molecular formula is C17H21ClN2O2S. The molecule has 1 N–H and O–H groups in total. The van der Waals surface area contributed by atoms with Crippen LogP contribution in [0.1, 0.15) is 64.7 Å². The van der Waals surface area contributed by atoms with Gasteiger partial charge in [-0.25, -0.2) is 4.79 Å². The second-order valence-electron chi connectivity index (χ2n) is 4.90. The summed E-state index contributed by atoms with van der Waals surface area (Å²) in [7, 11) is 0. The molecule has 23 heavy (non-hydrogen) atoms. The number of carbonyl (C=O) groups is 2. The standard InChI is InChI=1S/C17H21ClN2O2S/c1-11-15(12-7-9-13(18)10-8-12)23-17(22)20(11)16(21)19-14-5-3-2-4-6-14/h7-11,14-15H,2-6H2,1H3,(H,19,21)/t11-,15+/m1/s1/i2D2,3D2,4D2,5D2,6D2,14D. The average molecular weight is 364 g/mol. The van der Waals surface area contributed by atoms with Gasteiger partial charge in [-0.15, -0.1) is 0 Å². The fourth-order valence-electron chi connectivity index (χ4n) is 2.31. The Morgan fingerprint density at radius 1 is 1.35 bits per heavy atom. The van der Waals surface area contributed by atoms with E-state index in [0.29, 0.717) is 15.5 Å². The minimum absolute atomic E-state index is 0.446. The Labute approximate surface area is 161 Å². The van der Waals surface area contributed by atoms with Gasteiger partial charge >= 0.3 is 6.03 Å². The number of imide groups is 1. The molecule has 2 atom stereocenters. The molecule has 0 unspecified atom stereocenters. The molecule has 0 bridgehead atoms. The highest BCUT2D eigenvalue weighted by Crippen LogP contribution is 2.43. The predicted octanol–water partition coefficient (Wildman–Crippen LogP) is 4.98. The molecule has 4 nitrogen and oxygen atoms in total. The van der Waals surface area contributed by atoms with Crippen LogP contribution < -0.4 is 5.32 Å². The number of urea groups is 1. The lowest BCUT2D eigenvalue weighted by atomic mass is 9.96. The van der Waals surface area contributed by atoms with Crippen LogP contribution in [0.2, 0.25) is 5.02 Å². The molecule has 3 rings (SSSR count). The Bertz CT molecular complexity index is 991. The van der Waals surface area contributed by atoms with Gasteiger partial charge in [0.25, 0.3) is 5.24 Å². The van der Waals surface area contributed by atoms with E-state index in [-0.39, 0.29) is 0 Å². The van der Waals surface area contributed by atoms with Crippen LogP contribution in [0.5, 0.6) is 0 Å². The highest BCUT2D eigenvalue weighted by atomic mass is 35.5. The predicted molar refractivity (Wildman–Crippen MR) is 93.9 cm³/mol. The number of rotatable bonds is 2. The normalized spacial score (nSPS) is 45.0. The van der Waals surface area contributed by atoms with Gasteiger partial charge in [0.15, 0.2) is 0 Å². The van der Waals surface area contributed by atoms with Crippen molar-refractivity contribution in [2.24, 2.45) is 0 Å². The molecule has 0 radical (unpaired) electrons. The molecule has 0 spiro atoms. The minimum Gasteiger partial charge on any atom is -0.335 e. The third-order valence-corrected chi connectivity index (χ3v) is 4.99. The highest BCUT2D eigenvalue weighted by molar-refractivity contribution is 8.14. The van der Waals surface area contributed by atoms with Gasteiger partial charge in [-0.05, 0) is 37.4 Å². The first-order chi connectivity index (χ1) is 15.2. The van der Waals surface area contributed by atoms with Crippen LogP contribution in [0.4, 0.5) is 9.59 Å². The number of benzene rings is 1. The van der Waals surface area contributed by atoms with Crippen LogP contribution in [0.3, 0.4) is 0 Å². The largest absolute Gasteiger partial charge is 0.335 e. The number of nitrogens with one attached hydrogen (secondary N) is 1. The number of nitrogens with zero attached hydrogens (tertiary/aromatic N) is 1. The fourth-order valence-corrected chi connectivity index (χ4v) is 3.63. The van der Waals surface area contributed by atoms with E-state index in [1.165, 1.54) is 6.92 Å². The summed E-state index contributed by atoms with van der Waals surface area (Å²) in [6.07, 6.45) is -18.7. The molecule has 0 aromatic heterocycles. The van der Waals surface area contributed by atoms with E-state index in [1.807, 2.05) is 0 Å². The first-order valence-corrected chi connectivity index (χ1v) is 8.02. The number of halogens is 1. The number of carbonyl (C=O) groups excluding carboxylic acids is 2. The maximum atomic E-state index is 13.1. The summed E-state index contributed by atoms with van der Waals surface area (Å²) in [6.45, 7) is 1.49. The van der Waals surface area contributed by atoms with Gasteiger partial charge in [-0.2, -0.15) is 0 Å². The van der Waals surface area contributed by atoms with E-state index < -0.39 is 60.4 Å². The van der Waals surface area contributed by atoms with Crippen LogP contribution in [0, 0.1) is 0 Å². The lowest BCUT2D eigenvalue weighted by molar-refractivity contribution is 0.184. The molecule has 124 valence electrons. The summed E-state index contributed by atoms with van der Waals surface area (Å²) in [5.74, 6) is 0. The molecular weight excluding hydrogens is 332 g/mol. The Kier molecular flexibility index (Phi) is 2.42. The zero-order chi connectivity index (χ0) is 26.3. The molecule has 1 saturated carbocycles. The quantitative estimate of drug-likeness (QED) is 0.805. The number of amides is 3. The maximum Gasteiger partial charge on any atom is 0.325 e. The molecule has 1 aromatic rings. The Morgan fingerprint density at radius 2 is 2.00 bits per heavy atom. The zero-order valence-corrected chi connectivity index (χ0v) is 13.6. The zero-order valence-electron chi connectivity index (χ0n) is 23.0. The Hall–Kier alpha value is -1.20. The van der Waals surface area contributed by atoms with Crippen molar-refractivity contribution in [1.82, 2.24) is 10.2 Å². The average Bonchev–Trinajstić information content (AvgIpc) is 3.00. The van der Waals surface area contributed by atoms with Crippen LogP contribution in [0.15, 0.2) is 24.3 Å². The van der Waals surface area contributed by atoms with E-state index in [0.717, 1.165) is 11.8 Å². The van der Waals surface area contributed by atoms with E-state index in [9.17, 15) is 9.59 Å². The first-order valence-electron chi connectivity index (χ1n) is 12.3. The first kappa shape index (κ1) is 7.79. The lowest BCUT2D eigenvalue weighted by Crippen LogP contribution is -2.48. The second kappa shape index (κ2) is 7.14. The third kappa shape index (κ3) is 3.66. The Balaban J connectivity index is 2.01. The van der Waals surface area contributed by atoms with E-state index in [4.69, 9.17) is 26.7 Å². The third-order valence-electron chi connectivity index (χ3n) is 3.42.